The SMILES string of the molecule is CCCCCCCCCCCCCCCCCCOCCOCCOC(=O)CCCCCC. The molecular formula is C29H58O4. The molecule has 0 aromatic rings. The summed E-state index contributed by atoms with van der Waals surface area (Å²) < 4.78 is 16.2. The van der Waals surface area contributed by atoms with Crippen molar-refractivity contribution in [3.8, 4) is 0 Å². The quantitative estimate of drug-likeness (QED) is 0.0846. The molecule has 0 unspecified atom stereocenters. The predicted molar refractivity (Wildman–Crippen MR) is 141 cm³/mol. The van der Waals surface area contributed by atoms with Gasteiger partial charge >= 0.3 is 5.97 Å². The molecule has 0 fully saturated rings. The molecule has 0 rings (SSSR count). The van der Waals surface area contributed by atoms with E-state index < -0.39 is 0 Å². The molecule has 0 aliphatic heterocycles. The fourth-order valence-electron chi connectivity index (χ4n) is 4.06. The second kappa shape index (κ2) is 29.4. The Balaban J connectivity index is 3.07. The van der Waals surface area contributed by atoms with Crippen LogP contribution in [-0.2, 0) is 19.0 Å². The van der Waals surface area contributed by atoms with E-state index in [1.807, 2.05) is 0 Å². The first-order chi connectivity index (χ1) is 16.3. The summed E-state index contributed by atoms with van der Waals surface area (Å²) in [5.74, 6) is -0.102. The fraction of sp³-hybridized carbons (Fsp3) is 0.966. The van der Waals surface area contributed by atoms with Crippen LogP contribution in [0, 0.1) is 0 Å². The van der Waals surface area contributed by atoms with Crippen LogP contribution >= 0.6 is 0 Å². The molecule has 0 heterocycles. The third-order valence-electron chi connectivity index (χ3n) is 6.24. The van der Waals surface area contributed by atoms with Crippen molar-refractivity contribution in [2.75, 3.05) is 33.0 Å². The molecule has 0 aromatic carbocycles. The smallest absolute Gasteiger partial charge is 0.305 e. The first-order valence-electron chi connectivity index (χ1n) is 14.6. The molecular weight excluding hydrogens is 412 g/mol. The average Bonchev–Trinajstić information content (AvgIpc) is 2.82. The molecule has 0 bridgehead atoms. The molecule has 0 spiro atoms. The van der Waals surface area contributed by atoms with Crippen LogP contribution in [0.25, 0.3) is 0 Å². The van der Waals surface area contributed by atoms with E-state index in [0.29, 0.717) is 32.8 Å². The lowest BCUT2D eigenvalue weighted by atomic mass is 10.0. The minimum atomic E-state index is -0.102. The van der Waals surface area contributed by atoms with Crippen molar-refractivity contribution in [2.45, 2.75) is 149 Å². The number of rotatable bonds is 28. The van der Waals surface area contributed by atoms with E-state index in [1.165, 1.54) is 109 Å². The third-order valence-corrected chi connectivity index (χ3v) is 6.24. The number of hydrogen-bond donors (Lipinski definition) is 0. The molecule has 0 N–H and O–H groups in total. The highest BCUT2D eigenvalue weighted by molar-refractivity contribution is 5.69. The van der Waals surface area contributed by atoms with Crippen molar-refractivity contribution in [1.29, 1.82) is 0 Å². The highest BCUT2D eigenvalue weighted by Crippen LogP contribution is 2.13. The van der Waals surface area contributed by atoms with Crippen LogP contribution < -0.4 is 0 Å². The van der Waals surface area contributed by atoms with Gasteiger partial charge in [0.25, 0.3) is 0 Å². The molecule has 0 amide bonds. The molecule has 0 aromatic heterocycles. The van der Waals surface area contributed by atoms with Gasteiger partial charge in [-0.05, 0) is 12.8 Å². The number of hydrogen-bond acceptors (Lipinski definition) is 4. The summed E-state index contributed by atoms with van der Waals surface area (Å²) in [7, 11) is 0. The molecule has 0 aliphatic carbocycles. The molecule has 198 valence electrons. The first-order valence-corrected chi connectivity index (χ1v) is 14.6. The Morgan fingerprint density at radius 3 is 1.27 bits per heavy atom. The van der Waals surface area contributed by atoms with Crippen LogP contribution in [0.3, 0.4) is 0 Å². The summed E-state index contributed by atoms with van der Waals surface area (Å²) in [6.45, 7) is 7.30. The lowest BCUT2D eigenvalue weighted by Gasteiger charge is -2.07. The Hall–Kier alpha value is -0.610. The number of ether oxygens (including phenoxy) is 3. The number of carbonyl (C=O) groups excluding carboxylic acids is 1. The van der Waals surface area contributed by atoms with Crippen molar-refractivity contribution < 1.29 is 19.0 Å². The maximum atomic E-state index is 11.5. The van der Waals surface area contributed by atoms with E-state index in [-0.39, 0.29) is 5.97 Å². The summed E-state index contributed by atoms with van der Waals surface area (Å²) in [6, 6.07) is 0. The minimum absolute atomic E-state index is 0.102. The van der Waals surface area contributed by atoms with Crippen molar-refractivity contribution in [3.63, 3.8) is 0 Å². The largest absolute Gasteiger partial charge is 0.463 e. The van der Waals surface area contributed by atoms with Crippen LogP contribution in [0.2, 0.25) is 0 Å². The predicted octanol–water partition coefficient (Wildman–Crippen LogP) is 8.79. The average molecular weight is 471 g/mol. The standard InChI is InChI=1S/C29H58O4/c1-3-5-7-9-10-11-12-13-14-15-16-17-18-19-20-22-24-31-25-26-32-27-28-33-29(30)23-21-8-6-4-2/h3-28H2,1-2H3. The summed E-state index contributed by atoms with van der Waals surface area (Å²) in [5, 5.41) is 0. The van der Waals surface area contributed by atoms with Crippen LogP contribution in [0.4, 0.5) is 0 Å². The van der Waals surface area contributed by atoms with Gasteiger partial charge in [0.15, 0.2) is 0 Å². The summed E-state index contributed by atoms with van der Waals surface area (Å²) in [6.07, 6.45) is 27.2. The van der Waals surface area contributed by atoms with Gasteiger partial charge in [0.2, 0.25) is 0 Å². The van der Waals surface area contributed by atoms with Gasteiger partial charge in [0, 0.05) is 13.0 Å². The highest BCUT2D eigenvalue weighted by atomic mass is 16.6. The van der Waals surface area contributed by atoms with E-state index in [4.69, 9.17) is 14.2 Å². The van der Waals surface area contributed by atoms with Crippen molar-refractivity contribution in [3.05, 3.63) is 0 Å². The van der Waals surface area contributed by atoms with Crippen LogP contribution in [0.1, 0.15) is 149 Å². The van der Waals surface area contributed by atoms with Crippen molar-refractivity contribution in [1.82, 2.24) is 0 Å². The molecule has 0 saturated heterocycles. The molecule has 4 nitrogen and oxygen atoms in total. The summed E-state index contributed by atoms with van der Waals surface area (Å²) >= 11 is 0. The van der Waals surface area contributed by atoms with Gasteiger partial charge in [-0.1, -0.05) is 129 Å². The molecule has 0 radical (unpaired) electrons. The highest BCUT2D eigenvalue weighted by Gasteiger charge is 2.02. The summed E-state index contributed by atoms with van der Waals surface area (Å²) in [4.78, 5) is 11.5. The minimum Gasteiger partial charge on any atom is -0.463 e. The lowest BCUT2D eigenvalue weighted by molar-refractivity contribution is -0.145. The monoisotopic (exact) mass is 470 g/mol. The zero-order valence-electron chi connectivity index (χ0n) is 22.5. The maximum Gasteiger partial charge on any atom is 0.305 e. The molecule has 0 saturated carbocycles. The molecule has 0 aliphatic rings. The maximum absolute atomic E-state index is 11.5. The topological polar surface area (TPSA) is 44.8 Å². The Bertz CT molecular complexity index is 373. The van der Waals surface area contributed by atoms with E-state index in [1.54, 1.807) is 0 Å². The zero-order valence-corrected chi connectivity index (χ0v) is 22.5. The van der Waals surface area contributed by atoms with Gasteiger partial charge in [-0.3, -0.25) is 4.79 Å². The van der Waals surface area contributed by atoms with Gasteiger partial charge in [-0.15, -0.1) is 0 Å². The van der Waals surface area contributed by atoms with Gasteiger partial charge in [0.05, 0.1) is 19.8 Å². The molecule has 4 heteroatoms. The van der Waals surface area contributed by atoms with Gasteiger partial charge in [0.1, 0.15) is 6.61 Å². The van der Waals surface area contributed by atoms with Crippen LogP contribution in [0.5, 0.6) is 0 Å². The Morgan fingerprint density at radius 2 is 0.788 bits per heavy atom. The Labute approximate surface area is 206 Å². The molecule has 0 atom stereocenters. The summed E-state index contributed by atoms with van der Waals surface area (Å²) in [5.41, 5.74) is 0. The fourth-order valence-corrected chi connectivity index (χ4v) is 4.06. The number of unbranched alkanes of at least 4 members (excludes halogenated alkanes) is 18. The van der Waals surface area contributed by atoms with Crippen LogP contribution in [-0.4, -0.2) is 39.0 Å². The lowest BCUT2D eigenvalue weighted by Crippen LogP contribution is -2.13. The first kappa shape index (κ1) is 32.4. The van der Waals surface area contributed by atoms with E-state index in [2.05, 4.69) is 13.8 Å². The second-order valence-corrected chi connectivity index (χ2v) is 9.56. The van der Waals surface area contributed by atoms with E-state index in [0.717, 1.165) is 25.9 Å². The molecule has 33 heavy (non-hydrogen) atoms. The van der Waals surface area contributed by atoms with Gasteiger partial charge in [-0.2, -0.15) is 0 Å². The Morgan fingerprint density at radius 1 is 0.424 bits per heavy atom. The van der Waals surface area contributed by atoms with Crippen molar-refractivity contribution in [2.24, 2.45) is 0 Å². The van der Waals surface area contributed by atoms with E-state index >= 15 is 0 Å². The van der Waals surface area contributed by atoms with E-state index in [9.17, 15) is 4.79 Å². The third kappa shape index (κ3) is 29.4. The van der Waals surface area contributed by atoms with Crippen LogP contribution in [0.15, 0.2) is 0 Å². The number of esters is 1. The number of carbonyl (C=O) groups is 1. The van der Waals surface area contributed by atoms with Gasteiger partial charge < -0.3 is 14.2 Å². The zero-order chi connectivity index (χ0) is 24.1. The van der Waals surface area contributed by atoms with Gasteiger partial charge in [-0.25, -0.2) is 0 Å². The Kier molecular flexibility index (Phi) is 28.9. The normalized spacial score (nSPS) is 11.2. The van der Waals surface area contributed by atoms with Crippen molar-refractivity contribution >= 4 is 5.97 Å². The second-order valence-electron chi connectivity index (χ2n) is 9.56.